The Balaban J connectivity index is 1.63. The van der Waals surface area contributed by atoms with E-state index in [1.54, 1.807) is 5.01 Å². The van der Waals surface area contributed by atoms with E-state index in [2.05, 4.69) is 88.0 Å². The highest BCUT2D eigenvalue weighted by Gasteiger charge is 2.35. The maximum atomic E-state index is 13.6. The number of carbonyl (C=O) groups is 1. The molecule has 0 bridgehead atoms. The average molecular weight is 447 g/mol. The summed E-state index contributed by atoms with van der Waals surface area (Å²) in [7, 11) is 4.26. The van der Waals surface area contributed by atoms with Crippen molar-refractivity contribution in [3.8, 4) is 0 Å². The van der Waals surface area contributed by atoms with Crippen LogP contribution in [0.15, 0.2) is 41.5 Å². The van der Waals surface area contributed by atoms with Gasteiger partial charge in [-0.15, -0.1) is 0 Å². The number of amides is 1. The van der Waals surface area contributed by atoms with E-state index in [9.17, 15) is 4.79 Å². The van der Waals surface area contributed by atoms with Crippen LogP contribution in [-0.2, 0) is 4.79 Å². The second-order valence-corrected chi connectivity index (χ2v) is 10.1. The Labute approximate surface area is 199 Å². The maximum absolute atomic E-state index is 13.6. The molecular weight excluding hydrogens is 408 g/mol. The van der Waals surface area contributed by atoms with E-state index in [1.165, 1.54) is 27.8 Å². The van der Waals surface area contributed by atoms with Gasteiger partial charge in [-0.2, -0.15) is 5.10 Å². The second kappa shape index (κ2) is 9.78. The number of hydrogen-bond acceptors (Lipinski definition) is 4. The van der Waals surface area contributed by atoms with Crippen molar-refractivity contribution in [2.45, 2.75) is 59.0 Å². The van der Waals surface area contributed by atoms with Crippen molar-refractivity contribution < 1.29 is 4.79 Å². The van der Waals surface area contributed by atoms with Crippen LogP contribution in [0.2, 0.25) is 0 Å². The lowest BCUT2D eigenvalue weighted by atomic mass is 9.92. The molecule has 2 aliphatic rings. The monoisotopic (exact) mass is 446 g/mol. The maximum Gasteiger partial charge on any atom is 0.257 e. The first-order valence-corrected chi connectivity index (χ1v) is 12.2. The smallest absolute Gasteiger partial charge is 0.257 e. The second-order valence-electron chi connectivity index (χ2n) is 10.1. The van der Waals surface area contributed by atoms with E-state index in [1.807, 2.05) is 0 Å². The first kappa shape index (κ1) is 23.7. The molecule has 0 aliphatic carbocycles. The van der Waals surface area contributed by atoms with Gasteiger partial charge in [0.1, 0.15) is 0 Å². The third kappa shape index (κ3) is 5.20. The Hall–Kier alpha value is -2.50. The highest BCUT2D eigenvalue weighted by atomic mass is 16.2. The number of likely N-dealkylation sites (tertiary alicyclic amines) is 1. The number of likely N-dealkylation sites (N-methyl/N-ethyl adjacent to an activating group) is 1. The largest absolute Gasteiger partial charge is 0.306 e. The minimum Gasteiger partial charge on any atom is -0.306 e. The number of hydrogen-bond donors (Lipinski definition) is 0. The number of piperidine rings is 1. The molecule has 1 atom stereocenters. The van der Waals surface area contributed by atoms with Crippen molar-refractivity contribution in [3.05, 3.63) is 69.8 Å². The Kier molecular flexibility index (Phi) is 7.01. The predicted molar refractivity (Wildman–Crippen MR) is 136 cm³/mol. The van der Waals surface area contributed by atoms with Gasteiger partial charge in [-0.3, -0.25) is 9.69 Å². The molecule has 176 valence electrons. The fourth-order valence-electron chi connectivity index (χ4n) is 5.16. The number of nitrogens with zero attached hydrogens (tertiary/aromatic N) is 4. The molecule has 4 rings (SSSR count). The third-order valence-electron chi connectivity index (χ3n) is 7.36. The van der Waals surface area contributed by atoms with Crippen molar-refractivity contribution in [1.29, 1.82) is 0 Å². The van der Waals surface area contributed by atoms with Crippen molar-refractivity contribution in [1.82, 2.24) is 14.8 Å². The lowest BCUT2D eigenvalue weighted by Gasteiger charge is -2.35. The number of benzene rings is 2. The minimum atomic E-state index is -0.0572. The third-order valence-corrected chi connectivity index (χ3v) is 7.36. The van der Waals surface area contributed by atoms with Crippen LogP contribution in [0.5, 0.6) is 0 Å². The van der Waals surface area contributed by atoms with E-state index in [0.29, 0.717) is 12.6 Å². The van der Waals surface area contributed by atoms with Gasteiger partial charge >= 0.3 is 0 Å². The summed E-state index contributed by atoms with van der Waals surface area (Å²) < 4.78 is 0. The first-order valence-electron chi connectivity index (χ1n) is 12.2. The SMILES string of the molecule is Cc1ccc(C)c(C2=NN(C(=O)CN(C)C3CCN(C)CC3)C(c3cc(C)ccc3C)C2)c1. The Morgan fingerprint density at radius 3 is 2.33 bits per heavy atom. The van der Waals surface area contributed by atoms with Gasteiger partial charge in [-0.05, 0) is 90.5 Å². The van der Waals surface area contributed by atoms with E-state index in [4.69, 9.17) is 5.10 Å². The first-order chi connectivity index (χ1) is 15.7. The van der Waals surface area contributed by atoms with Gasteiger partial charge in [0.05, 0.1) is 18.3 Å². The van der Waals surface area contributed by atoms with Gasteiger partial charge in [0, 0.05) is 18.0 Å². The molecule has 0 spiro atoms. The van der Waals surface area contributed by atoms with Crippen molar-refractivity contribution in [3.63, 3.8) is 0 Å². The number of carbonyl (C=O) groups excluding carboxylic acids is 1. The van der Waals surface area contributed by atoms with Gasteiger partial charge in [0.2, 0.25) is 0 Å². The summed E-state index contributed by atoms with van der Waals surface area (Å²) in [4.78, 5) is 18.2. The van der Waals surface area contributed by atoms with Crippen molar-refractivity contribution in [2.75, 3.05) is 33.7 Å². The molecule has 0 saturated carbocycles. The van der Waals surface area contributed by atoms with Gasteiger partial charge in [0.25, 0.3) is 5.91 Å². The van der Waals surface area contributed by atoms with Gasteiger partial charge < -0.3 is 4.90 Å². The molecule has 1 fully saturated rings. The topological polar surface area (TPSA) is 39.2 Å². The van der Waals surface area contributed by atoms with Gasteiger partial charge in [-0.1, -0.05) is 41.5 Å². The van der Waals surface area contributed by atoms with Crippen LogP contribution in [-0.4, -0.2) is 66.2 Å². The summed E-state index contributed by atoms with van der Waals surface area (Å²) >= 11 is 0. The highest BCUT2D eigenvalue weighted by molar-refractivity contribution is 6.04. The molecule has 1 saturated heterocycles. The van der Waals surface area contributed by atoms with Gasteiger partial charge in [-0.25, -0.2) is 5.01 Å². The lowest BCUT2D eigenvalue weighted by molar-refractivity contribution is -0.134. The molecule has 2 heterocycles. The van der Waals surface area contributed by atoms with Crippen LogP contribution in [0.4, 0.5) is 0 Å². The van der Waals surface area contributed by atoms with Crippen molar-refractivity contribution in [2.24, 2.45) is 5.10 Å². The zero-order valence-corrected chi connectivity index (χ0v) is 21.1. The summed E-state index contributed by atoms with van der Waals surface area (Å²) in [5.41, 5.74) is 8.22. The fourth-order valence-corrected chi connectivity index (χ4v) is 5.16. The van der Waals surface area contributed by atoms with E-state index >= 15 is 0 Å². The summed E-state index contributed by atoms with van der Waals surface area (Å²) in [5.74, 6) is 0.0858. The molecule has 2 aromatic carbocycles. The molecule has 5 heteroatoms. The number of aryl methyl sites for hydroxylation is 4. The summed E-state index contributed by atoms with van der Waals surface area (Å²) in [6, 6.07) is 13.4. The number of hydrazone groups is 1. The molecule has 0 aromatic heterocycles. The number of rotatable bonds is 5. The fraction of sp³-hybridized carbons (Fsp3) is 0.500. The lowest BCUT2D eigenvalue weighted by Crippen LogP contribution is -2.46. The molecular formula is C28H38N4O. The Morgan fingerprint density at radius 1 is 1.00 bits per heavy atom. The van der Waals surface area contributed by atoms with Crippen molar-refractivity contribution >= 4 is 11.6 Å². The van der Waals surface area contributed by atoms with Crippen LogP contribution in [0.25, 0.3) is 0 Å². The minimum absolute atomic E-state index is 0.0572. The molecule has 1 amide bonds. The zero-order chi connectivity index (χ0) is 23.7. The van der Waals surface area contributed by atoms with Crippen LogP contribution in [0, 0.1) is 27.7 Å². The zero-order valence-electron chi connectivity index (χ0n) is 21.1. The molecule has 2 aromatic rings. The molecule has 0 radical (unpaired) electrons. The van der Waals surface area contributed by atoms with Crippen LogP contribution in [0.1, 0.15) is 58.7 Å². The molecule has 5 nitrogen and oxygen atoms in total. The standard InChI is InChI=1S/C28H38N4O/c1-19-7-9-21(3)24(15-19)26-17-27(25-16-20(2)8-10-22(25)4)32(29-26)28(33)18-31(6)23-11-13-30(5)14-12-23/h7-10,15-16,23,27H,11-14,17-18H2,1-6H3. The quantitative estimate of drug-likeness (QED) is 0.673. The Bertz CT molecular complexity index is 1050. The van der Waals surface area contributed by atoms with Crippen LogP contribution in [0.3, 0.4) is 0 Å². The average Bonchev–Trinajstić information content (AvgIpc) is 3.22. The molecule has 1 unspecified atom stereocenters. The molecule has 0 N–H and O–H groups in total. The van der Waals surface area contributed by atoms with E-state index in [-0.39, 0.29) is 11.9 Å². The summed E-state index contributed by atoms with van der Waals surface area (Å²) in [6.07, 6.45) is 2.97. The molecule has 33 heavy (non-hydrogen) atoms. The highest BCUT2D eigenvalue weighted by Crippen LogP contribution is 2.36. The normalized spacial score (nSPS) is 19.9. The van der Waals surface area contributed by atoms with E-state index in [0.717, 1.165) is 43.6 Å². The van der Waals surface area contributed by atoms with E-state index < -0.39 is 0 Å². The van der Waals surface area contributed by atoms with Crippen LogP contribution >= 0.6 is 0 Å². The van der Waals surface area contributed by atoms with Crippen LogP contribution < -0.4 is 0 Å². The summed E-state index contributed by atoms with van der Waals surface area (Å²) in [6.45, 7) is 11.1. The molecule has 2 aliphatic heterocycles. The van der Waals surface area contributed by atoms with Gasteiger partial charge in [0.15, 0.2) is 0 Å². The predicted octanol–water partition coefficient (Wildman–Crippen LogP) is 4.62. The Morgan fingerprint density at radius 2 is 1.64 bits per heavy atom. The summed E-state index contributed by atoms with van der Waals surface area (Å²) in [5, 5.41) is 6.75.